The molecule has 2 aromatic rings. The van der Waals surface area contributed by atoms with Gasteiger partial charge in [0.2, 0.25) is 0 Å². The first-order valence-corrected chi connectivity index (χ1v) is 4.42. The van der Waals surface area contributed by atoms with Crippen LogP contribution in [-0.2, 0) is 6.18 Å². The molecule has 0 radical (unpaired) electrons. The normalized spacial score (nSPS) is 11.5. The Morgan fingerprint density at radius 3 is 2.41 bits per heavy atom. The van der Waals surface area contributed by atoms with Crippen molar-refractivity contribution in [1.82, 2.24) is 19.7 Å². The quantitative estimate of drug-likeness (QED) is 0.748. The van der Waals surface area contributed by atoms with E-state index in [1.54, 1.807) is 0 Å². The van der Waals surface area contributed by atoms with Crippen LogP contribution in [0.3, 0.4) is 0 Å². The average molecular weight is 242 g/mol. The molecule has 17 heavy (non-hydrogen) atoms. The van der Waals surface area contributed by atoms with E-state index in [2.05, 4.69) is 15.1 Å². The van der Waals surface area contributed by atoms with Crippen molar-refractivity contribution >= 4 is 6.29 Å². The zero-order valence-electron chi connectivity index (χ0n) is 8.22. The highest BCUT2D eigenvalue weighted by Gasteiger charge is 2.35. The highest BCUT2D eigenvalue weighted by molar-refractivity contribution is 5.73. The molecule has 0 aromatic carbocycles. The van der Waals surface area contributed by atoms with Gasteiger partial charge >= 0.3 is 6.18 Å². The third kappa shape index (κ3) is 2.14. The maximum absolute atomic E-state index is 12.4. The fourth-order valence-corrected chi connectivity index (χ4v) is 1.18. The van der Waals surface area contributed by atoms with Crippen LogP contribution in [0.4, 0.5) is 13.2 Å². The van der Waals surface area contributed by atoms with E-state index in [1.165, 1.54) is 18.5 Å². The number of alkyl halides is 3. The molecule has 0 aliphatic rings. The molecule has 0 spiro atoms. The van der Waals surface area contributed by atoms with Crippen LogP contribution in [0, 0.1) is 0 Å². The topological polar surface area (TPSA) is 60.7 Å². The van der Waals surface area contributed by atoms with E-state index in [4.69, 9.17) is 0 Å². The molecule has 0 saturated heterocycles. The summed E-state index contributed by atoms with van der Waals surface area (Å²) in [6.07, 6.45) is -1.67. The molecule has 0 unspecified atom stereocenters. The van der Waals surface area contributed by atoms with Crippen molar-refractivity contribution in [2.45, 2.75) is 6.18 Å². The van der Waals surface area contributed by atoms with Gasteiger partial charge in [-0.25, -0.2) is 9.97 Å². The fourth-order valence-electron chi connectivity index (χ4n) is 1.18. The Bertz CT molecular complexity index is 535. The van der Waals surface area contributed by atoms with E-state index in [-0.39, 0.29) is 17.9 Å². The van der Waals surface area contributed by atoms with Gasteiger partial charge in [0, 0.05) is 12.4 Å². The number of nitrogens with zero attached hydrogens (tertiary/aromatic N) is 4. The Morgan fingerprint density at radius 1 is 1.24 bits per heavy atom. The summed E-state index contributed by atoms with van der Waals surface area (Å²) in [5.41, 5.74) is -1.42. The molecule has 0 aliphatic carbocycles. The minimum atomic E-state index is -4.61. The second kappa shape index (κ2) is 3.96. The molecule has 0 N–H and O–H groups in total. The van der Waals surface area contributed by atoms with Gasteiger partial charge in [0.05, 0.1) is 0 Å². The third-order valence-electron chi connectivity index (χ3n) is 1.89. The van der Waals surface area contributed by atoms with Crippen LogP contribution in [0.5, 0.6) is 0 Å². The van der Waals surface area contributed by atoms with Crippen molar-refractivity contribution < 1.29 is 18.0 Å². The molecule has 2 heterocycles. The number of aldehydes is 1. The van der Waals surface area contributed by atoms with Gasteiger partial charge < -0.3 is 0 Å². The van der Waals surface area contributed by atoms with Crippen LogP contribution in [0.1, 0.15) is 16.2 Å². The Hall–Kier alpha value is -2.25. The van der Waals surface area contributed by atoms with E-state index < -0.39 is 11.9 Å². The van der Waals surface area contributed by atoms with Gasteiger partial charge in [-0.3, -0.25) is 4.79 Å². The Balaban J connectivity index is 2.55. The summed E-state index contributed by atoms with van der Waals surface area (Å²) in [5, 5.41) is 3.26. The molecule has 0 aliphatic heterocycles. The second-order valence-electron chi connectivity index (χ2n) is 3.03. The largest absolute Gasteiger partial charge is 0.435 e. The van der Waals surface area contributed by atoms with Crippen molar-refractivity contribution in [3.8, 4) is 5.95 Å². The number of hydrogen-bond donors (Lipinski definition) is 0. The lowest BCUT2D eigenvalue weighted by Gasteiger charge is -2.01. The molecule has 0 amide bonds. The predicted molar refractivity (Wildman–Crippen MR) is 49.5 cm³/mol. The summed E-state index contributed by atoms with van der Waals surface area (Å²) in [6, 6.07) is 2.14. The van der Waals surface area contributed by atoms with Crippen LogP contribution in [0.25, 0.3) is 5.95 Å². The number of hydrogen-bond acceptors (Lipinski definition) is 4. The molecule has 8 heteroatoms. The third-order valence-corrected chi connectivity index (χ3v) is 1.89. The van der Waals surface area contributed by atoms with Crippen molar-refractivity contribution in [3.05, 3.63) is 35.9 Å². The standard InChI is InChI=1S/C9H5F3N4O/c10-9(11,12)7-4-6(5-17)16(15-7)8-13-2-1-3-14-8/h1-5H. The van der Waals surface area contributed by atoms with Crippen molar-refractivity contribution in [1.29, 1.82) is 0 Å². The number of carbonyl (C=O) groups excluding carboxylic acids is 1. The number of rotatable bonds is 2. The minimum absolute atomic E-state index is 0.0925. The highest BCUT2D eigenvalue weighted by Crippen LogP contribution is 2.28. The van der Waals surface area contributed by atoms with Crippen molar-refractivity contribution in [2.24, 2.45) is 0 Å². The summed E-state index contributed by atoms with van der Waals surface area (Å²) in [7, 11) is 0. The fraction of sp³-hybridized carbons (Fsp3) is 0.111. The molecular formula is C9H5F3N4O. The lowest BCUT2D eigenvalue weighted by molar-refractivity contribution is -0.141. The molecule has 2 aromatic heterocycles. The van der Waals surface area contributed by atoms with Gasteiger partial charge in [0.15, 0.2) is 12.0 Å². The second-order valence-corrected chi connectivity index (χ2v) is 3.03. The van der Waals surface area contributed by atoms with Gasteiger partial charge in [-0.2, -0.15) is 23.0 Å². The van der Waals surface area contributed by atoms with Crippen LogP contribution < -0.4 is 0 Å². The molecule has 88 valence electrons. The zero-order valence-corrected chi connectivity index (χ0v) is 8.22. The Labute approximate surface area is 92.9 Å². The Morgan fingerprint density at radius 2 is 1.88 bits per heavy atom. The summed E-state index contributed by atoms with van der Waals surface area (Å²) in [6.45, 7) is 0. The number of carbonyl (C=O) groups is 1. The average Bonchev–Trinajstić information content (AvgIpc) is 2.73. The maximum atomic E-state index is 12.4. The molecule has 0 fully saturated rings. The van der Waals surface area contributed by atoms with Crippen molar-refractivity contribution in [3.63, 3.8) is 0 Å². The molecule has 0 saturated carbocycles. The van der Waals surface area contributed by atoms with E-state index >= 15 is 0 Å². The SMILES string of the molecule is O=Cc1cc(C(F)(F)F)nn1-c1ncccn1. The monoisotopic (exact) mass is 242 g/mol. The Kier molecular flexibility index (Phi) is 2.62. The van der Waals surface area contributed by atoms with Crippen LogP contribution >= 0.6 is 0 Å². The predicted octanol–water partition coefficient (Wildman–Crippen LogP) is 1.49. The van der Waals surface area contributed by atoms with Gasteiger partial charge in [-0.1, -0.05) is 0 Å². The molecule has 0 atom stereocenters. The van der Waals surface area contributed by atoms with Crippen molar-refractivity contribution in [2.75, 3.05) is 0 Å². The first kappa shape index (κ1) is 11.2. The van der Waals surface area contributed by atoms with Crippen LogP contribution in [0.15, 0.2) is 24.5 Å². The number of halogens is 3. The zero-order chi connectivity index (χ0) is 12.5. The minimum Gasteiger partial charge on any atom is -0.296 e. The number of aromatic nitrogens is 4. The first-order chi connectivity index (χ1) is 8.02. The summed E-state index contributed by atoms with van der Waals surface area (Å²) < 4.78 is 37.9. The van der Waals surface area contributed by atoms with Gasteiger partial charge in [0.25, 0.3) is 5.95 Å². The van der Waals surface area contributed by atoms with Crippen LogP contribution in [-0.4, -0.2) is 26.0 Å². The summed E-state index contributed by atoms with van der Waals surface area (Å²) in [4.78, 5) is 18.1. The van der Waals surface area contributed by atoms with E-state index in [9.17, 15) is 18.0 Å². The van der Waals surface area contributed by atoms with E-state index in [0.717, 1.165) is 4.68 Å². The summed E-state index contributed by atoms with van der Waals surface area (Å²) in [5.74, 6) is -0.0925. The molecule has 5 nitrogen and oxygen atoms in total. The lowest BCUT2D eigenvalue weighted by atomic mass is 10.3. The molecular weight excluding hydrogens is 237 g/mol. The van der Waals surface area contributed by atoms with E-state index in [1.807, 2.05) is 0 Å². The first-order valence-electron chi connectivity index (χ1n) is 4.42. The highest BCUT2D eigenvalue weighted by atomic mass is 19.4. The van der Waals surface area contributed by atoms with Crippen LogP contribution in [0.2, 0.25) is 0 Å². The maximum Gasteiger partial charge on any atom is 0.435 e. The summed E-state index contributed by atoms with van der Waals surface area (Å²) >= 11 is 0. The molecule has 0 bridgehead atoms. The van der Waals surface area contributed by atoms with Gasteiger partial charge in [-0.15, -0.1) is 0 Å². The lowest BCUT2D eigenvalue weighted by Crippen LogP contribution is -2.09. The van der Waals surface area contributed by atoms with Gasteiger partial charge in [0.1, 0.15) is 5.69 Å². The smallest absolute Gasteiger partial charge is 0.296 e. The van der Waals surface area contributed by atoms with E-state index in [0.29, 0.717) is 6.07 Å². The molecule has 2 rings (SSSR count). The van der Waals surface area contributed by atoms with Gasteiger partial charge in [-0.05, 0) is 12.1 Å².